The number of carboxylic acids is 1. The summed E-state index contributed by atoms with van der Waals surface area (Å²) in [5.41, 5.74) is -0.322. The summed E-state index contributed by atoms with van der Waals surface area (Å²) in [6.07, 6.45) is -3.40. The minimum atomic E-state index is -4.91. The Morgan fingerprint density at radius 3 is 2.53 bits per heavy atom. The van der Waals surface area contributed by atoms with Crippen LogP contribution < -0.4 is 15.0 Å². The first-order valence-corrected chi connectivity index (χ1v) is 11.3. The summed E-state index contributed by atoms with van der Waals surface area (Å²) < 4.78 is 45.2. The van der Waals surface area contributed by atoms with Crippen LogP contribution in [0.25, 0.3) is 11.0 Å². The van der Waals surface area contributed by atoms with Gasteiger partial charge in [0, 0.05) is 24.2 Å². The van der Waals surface area contributed by atoms with Crippen LogP contribution >= 0.6 is 11.3 Å². The van der Waals surface area contributed by atoms with Crippen molar-refractivity contribution in [1.82, 2.24) is 19.9 Å². The molecule has 0 fully saturated rings. The SMILES string of the molecule is Cn1c(N(c2nccs2)c2ccccc2OC(F)(F)F)nc2cc(C(=O)NC(C)(C)C(=O)O)ccc21. The molecule has 13 heteroatoms. The van der Waals surface area contributed by atoms with Crippen LogP contribution in [0.3, 0.4) is 0 Å². The molecule has 0 atom stereocenters. The van der Waals surface area contributed by atoms with Crippen molar-refractivity contribution in [2.75, 3.05) is 4.90 Å². The smallest absolute Gasteiger partial charge is 0.480 e. The molecule has 0 unspecified atom stereocenters. The first-order chi connectivity index (χ1) is 16.9. The number of nitrogens with one attached hydrogen (secondary N) is 1. The highest BCUT2D eigenvalue weighted by atomic mass is 32.1. The first-order valence-electron chi connectivity index (χ1n) is 10.4. The number of fused-ring (bicyclic) bond motifs is 1. The molecule has 0 spiro atoms. The number of hydrogen-bond donors (Lipinski definition) is 2. The summed E-state index contributed by atoms with van der Waals surface area (Å²) in [5.74, 6) is -2.03. The number of carbonyl (C=O) groups is 2. The van der Waals surface area contributed by atoms with Gasteiger partial charge in [-0.05, 0) is 44.2 Å². The number of aryl methyl sites for hydroxylation is 1. The molecular formula is C23H20F3N5O4S. The van der Waals surface area contributed by atoms with E-state index in [0.717, 1.165) is 0 Å². The topological polar surface area (TPSA) is 110 Å². The Balaban J connectivity index is 1.81. The summed E-state index contributed by atoms with van der Waals surface area (Å²) in [7, 11) is 1.67. The molecule has 2 heterocycles. The normalized spacial score (nSPS) is 11.9. The predicted molar refractivity (Wildman–Crippen MR) is 127 cm³/mol. The monoisotopic (exact) mass is 519 g/mol. The van der Waals surface area contributed by atoms with Gasteiger partial charge in [-0.25, -0.2) is 14.8 Å². The Hall–Kier alpha value is -4.13. The summed E-state index contributed by atoms with van der Waals surface area (Å²) in [6, 6.07) is 10.2. The highest BCUT2D eigenvalue weighted by Gasteiger charge is 2.34. The van der Waals surface area contributed by atoms with Crippen molar-refractivity contribution in [2.45, 2.75) is 25.7 Å². The quantitative estimate of drug-likeness (QED) is 0.354. The maximum atomic E-state index is 13.1. The number of nitrogens with zero attached hydrogens (tertiary/aromatic N) is 4. The number of imidazole rings is 1. The van der Waals surface area contributed by atoms with Crippen LogP contribution in [0.4, 0.5) is 29.9 Å². The number of aliphatic carboxylic acids is 1. The average Bonchev–Trinajstić information content (AvgIpc) is 3.42. The first kappa shape index (κ1) is 25.0. The van der Waals surface area contributed by atoms with Gasteiger partial charge >= 0.3 is 12.3 Å². The summed E-state index contributed by atoms with van der Waals surface area (Å²) >= 11 is 1.19. The van der Waals surface area contributed by atoms with Crippen molar-refractivity contribution in [2.24, 2.45) is 7.05 Å². The van der Waals surface area contributed by atoms with Gasteiger partial charge in [0.25, 0.3) is 5.91 Å². The Kier molecular flexibility index (Phi) is 6.35. The van der Waals surface area contributed by atoms with Gasteiger partial charge in [0.05, 0.1) is 16.7 Å². The number of amides is 1. The van der Waals surface area contributed by atoms with Crippen molar-refractivity contribution in [3.05, 3.63) is 59.6 Å². The highest BCUT2D eigenvalue weighted by Crippen LogP contribution is 2.42. The van der Waals surface area contributed by atoms with Crippen LogP contribution in [-0.2, 0) is 11.8 Å². The van der Waals surface area contributed by atoms with E-state index in [1.807, 2.05) is 0 Å². The third-order valence-corrected chi connectivity index (χ3v) is 5.98. The minimum absolute atomic E-state index is 0.0596. The number of carbonyl (C=O) groups excluding carboxylic acids is 1. The van der Waals surface area contributed by atoms with E-state index in [0.29, 0.717) is 16.2 Å². The molecule has 0 radical (unpaired) electrons. The Morgan fingerprint density at radius 1 is 1.17 bits per heavy atom. The molecule has 0 aliphatic heterocycles. The van der Waals surface area contributed by atoms with Crippen LogP contribution in [0.1, 0.15) is 24.2 Å². The van der Waals surface area contributed by atoms with Crippen molar-refractivity contribution in [1.29, 1.82) is 0 Å². The molecule has 0 aliphatic rings. The van der Waals surface area contributed by atoms with E-state index in [4.69, 9.17) is 0 Å². The molecular weight excluding hydrogens is 499 g/mol. The molecule has 0 aliphatic carbocycles. The van der Waals surface area contributed by atoms with Crippen molar-refractivity contribution >= 4 is 51.0 Å². The number of alkyl halides is 3. The van der Waals surface area contributed by atoms with Crippen LogP contribution in [0.15, 0.2) is 54.0 Å². The molecule has 4 rings (SSSR count). The molecule has 0 saturated heterocycles. The predicted octanol–water partition coefficient (Wildman–Crippen LogP) is 4.99. The molecule has 2 N–H and O–H groups in total. The van der Waals surface area contributed by atoms with Gasteiger partial charge in [0.15, 0.2) is 10.9 Å². The molecule has 1 amide bonds. The number of carboxylic acid groups (broad SMARTS) is 1. The van der Waals surface area contributed by atoms with E-state index in [-0.39, 0.29) is 17.2 Å². The van der Waals surface area contributed by atoms with Gasteiger partial charge in [0.2, 0.25) is 5.95 Å². The second-order valence-corrected chi connectivity index (χ2v) is 9.10. The zero-order valence-electron chi connectivity index (χ0n) is 19.2. The van der Waals surface area contributed by atoms with Crippen LogP contribution in [0.5, 0.6) is 5.75 Å². The molecule has 2 aromatic carbocycles. The fourth-order valence-electron chi connectivity index (χ4n) is 3.41. The summed E-state index contributed by atoms with van der Waals surface area (Å²) in [4.78, 5) is 34.3. The number of anilines is 3. The van der Waals surface area contributed by atoms with E-state index >= 15 is 0 Å². The van der Waals surface area contributed by atoms with E-state index in [1.165, 1.54) is 66.6 Å². The maximum Gasteiger partial charge on any atom is 0.573 e. The van der Waals surface area contributed by atoms with Gasteiger partial charge in [-0.15, -0.1) is 24.5 Å². The third-order valence-electron chi connectivity index (χ3n) is 5.22. The minimum Gasteiger partial charge on any atom is -0.480 e. The van der Waals surface area contributed by atoms with E-state index in [2.05, 4.69) is 20.0 Å². The number of benzene rings is 2. The molecule has 188 valence electrons. The standard InChI is InChI=1S/C23H20F3N5O4S/c1-22(2,19(33)34)29-18(32)13-8-9-15-14(12-13)28-20(30(15)3)31(21-27-10-11-36-21)16-6-4-5-7-17(16)35-23(24,25)26/h4-12H,1-3H3,(H,29,32)(H,33,34). The second-order valence-electron chi connectivity index (χ2n) is 8.22. The summed E-state index contributed by atoms with van der Waals surface area (Å²) in [5, 5.41) is 13.7. The lowest BCUT2D eigenvalue weighted by molar-refractivity contribution is -0.274. The van der Waals surface area contributed by atoms with Crippen molar-refractivity contribution in [3.8, 4) is 5.75 Å². The second kappa shape index (κ2) is 9.15. The molecule has 2 aromatic heterocycles. The lowest BCUT2D eigenvalue weighted by Crippen LogP contribution is -2.49. The maximum absolute atomic E-state index is 13.1. The van der Waals surface area contributed by atoms with Crippen LogP contribution in [0.2, 0.25) is 0 Å². The largest absolute Gasteiger partial charge is 0.573 e. The number of ether oxygens (including phenoxy) is 1. The Morgan fingerprint density at radius 2 is 1.89 bits per heavy atom. The summed E-state index contributed by atoms with van der Waals surface area (Å²) in [6.45, 7) is 2.72. The Bertz CT molecular complexity index is 1430. The van der Waals surface area contributed by atoms with E-state index in [9.17, 15) is 27.9 Å². The number of rotatable bonds is 7. The number of thiazole rings is 1. The molecule has 36 heavy (non-hydrogen) atoms. The lowest BCUT2D eigenvalue weighted by Gasteiger charge is -2.23. The molecule has 0 bridgehead atoms. The number of halogens is 3. The van der Waals surface area contributed by atoms with Gasteiger partial charge < -0.3 is 19.7 Å². The number of hydrogen-bond acceptors (Lipinski definition) is 7. The van der Waals surface area contributed by atoms with Gasteiger partial charge in [-0.2, -0.15) is 0 Å². The zero-order valence-corrected chi connectivity index (χ0v) is 20.0. The Labute approximate surface area is 206 Å². The number of para-hydroxylation sites is 2. The lowest BCUT2D eigenvalue weighted by atomic mass is 10.1. The van der Waals surface area contributed by atoms with Crippen LogP contribution in [-0.4, -0.2) is 43.4 Å². The number of aromatic nitrogens is 3. The zero-order chi connectivity index (χ0) is 26.3. The average molecular weight is 520 g/mol. The fraction of sp³-hybridized carbons (Fsp3) is 0.217. The molecule has 9 nitrogen and oxygen atoms in total. The third kappa shape index (κ3) is 4.96. The van der Waals surface area contributed by atoms with E-state index < -0.39 is 29.5 Å². The van der Waals surface area contributed by atoms with Gasteiger partial charge in [-0.3, -0.25) is 9.69 Å². The fourth-order valence-corrected chi connectivity index (χ4v) is 4.06. The highest BCUT2D eigenvalue weighted by molar-refractivity contribution is 7.13. The van der Waals surface area contributed by atoms with Crippen molar-refractivity contribution in [3.63, 3.8) is 0 Å². The van der Waals surface area contributed by atoms with Gasteiger partial charge in [0.1, 0.15) is 5.54 Å². The van der Waals surface area contributed by atoms with Gasteiger partial charge in [-0.1, -0.05) is 12.1 Å². The molecule has 0 saturated carbocycles. The van der Waals surface area contributed by atoms with Crippen LogP contribution in [0, 0.1) is 0 Å². The molecule has 4 aromatic rings. The van der Waals surface area contributed by atoms with Crippen molar-refractivity contribution < 1.29 is 32.6 Å². The van der Waals surface area contributed by atoms with E-state index in [1.54, 1.807) is 29.1 Å².